The minimum Gasteiger partial charge on any atom is -0.334 e. The van der Waals surface area contributed by atoms with E-state index in [-0.39, 0.29) is 17.1 Å². The van der Waals surface area contributed by atoms with Crippen LogP contribution < -0.4 is 0 Å². The molecule has 0 N–H and O–H groups in total. The molecule has 0 saturated carbocycles. The fourth-order valence-corrected chi connectivity index (χ4v) is 13.3. The smallest absolute Gasteiger partial charge is 0.170 e. The maximum absolute atomic E-state index is 6.96. The van der Waals surface area contributed by atoms with Crippen molar-refractivity contribution in [3.63, 3.8) is 0 Å². The van der Waals surface area contributed by atoms with E-state index in [1.165, 1.54) is 0 Å². The number of alkyl halides is 14. The average Bonchev–Trinajstić information content (AvgIpc) is 2.69. The predicted octanol–water partition coefficient (Wildman–Crippen LogP) is 12.9. The summed E-state index contributed by atoms with van der Waals surface area (Å²) in [7, 11) is 0. The first-order chi connectivity index (χ1) is 14.8. The second-order valence-corrected chi connectivity index (χ2v) is 28.6. The molecule has 6 atom stereocenters. The van der Waals surface area contributed by atoms with Crippen LogP contribution in [0, 0.1) is 0 Å². The van der Waals surface area contributed by atoms with Gasteiger partial charge in [0.1, 0.15) is 6.47 Å². The van der Waals surface area contributed by atoms with Gasteiger partial charge in [-0.3, -0.25) is 0 Å². The van der Waals surface area contributed by atoms with E-state index in [0.29, 0.717) is 0 Å². The lowest BCUT2D eigenvalue weighted by Crippen LogP contribution is -2.67. The summed E-state index contributed by atoms with van der Waals surface area (Å²) in [5.74, 6) is 0. The van der Waals surface area contributed by atoms with Crippen LogP contribution in [0.3, 0.4) is 0 Å². The summed E-state index contributed by atoms with van der Waals surface area (Å²) in [6.07, 6.45) is 11.7. The molecule has 192 valence electrons. The number of halogens is 14. The molecular weight excluding hydrogens is 1350 g/mol. The number of allylic oxidation sites excluding steroid dienone is 2. The largest absolute Gasteiger partial charge is 0.334 e. The third-order valence-electron chi connectivity index (χ3n) is 5.48. The van der Waals surface area contributed by atoms with Crippen LogP contribution in [-0.4, -0.2) is 41.3 Å². The predicted molar refractivity (Wildman–Crippen MR) is 194 cm³/mol. The molecule has 15 heteroatoms. The van der Waals surface area contributed by atoms with Crippen molar-refractivity contribution in [2.75, 3.05) is 0 Å². The van der Waals surface area contributed by atoms with Gasteiger partial charge in [0.15, 0.2) is 9.02 Å². The van der Waals surface area contributed by atoms with E-state index in [2.05, 4.69) is 235 Å². The van der Waals surface area contributed by atoms with Gasteiger partial charge in [0.25, 0.3) is 0 Å². The quantitative estimate of drug-likeness (QED) is 0.174. The van der Waals surface area contributed by atoms with Gasteiger partial charge in [-0.2, -0.15) is 0 Å². The van der Waals surface area contributed by atoms with Crippen molar-refractivity contribution in [2.45, 2.75) is 66.9 Å². The topological polar surface area (TPSA) is 9.23 Å². The number of rotatable bonds is 8. The Morgan fingerprint density at radius 3 is 1.18 bits per heavy atom. The van der Waals surface area contributed by atoms with Gasteiger partial charge in [0.2, 0.25) is 0 Å². The van der Waals surface area contributed by atoms with E-state index < -0.39 is 24.1 Å². The van der Waals surface area contributed by atoms with Gasteiger partial charge in [0.05, 0.1) is 25.8 Å². The van der Waals surface area contributed by atoms with Crippen molar-refractivity contribution in [1.82, 2.24) is 0 Å². The van der Waals surface area contributed by atoms with Crippen LogP contribution in [0.1, 0.15) is 25.7 Å². The van der Waals surface area contributed by atoms with Crippen LogP contribution in [-0.2, 0) is 4.74 Å². The van der Waals surface area contributed by atoms with E-state index in [0.717, 1.165) is 25.7 Å². The summed E-state index contributed by atoms with van der Waals surface area (Å²) in [6.45, 7) is 0. The van der Waals surface area contributed by atoms with Crippen LogP contribution >= 0.6 is 223 Å². The van der Waals surface area contributed by atoms with Crippen LogP contribution in [0.25, 0.3) is 0 Å². The lowest BCUT2D eigenvalue weighted by molar-refractivity contribution is -0.0175. The molecule has 2 aliphatic rings. The zero-order chi connectivity index (χ0) is 25.7. The minimum atomic E-state index is -0.955. The Bertz CT molecular complexity index is 709. The van der Waals surface area contributed by atoms with Gasteiger partial charge >= 0.3 is 0 Å². The van der Waals surface area contributed by atoms with Gasteiger partial charge in [-0.15, -0.1) is 0 Å². The van der Waals surface area contributed by atoms with Gasteiger partial charge in [-0.05, 0) is 69.7 Å². The molecule has 6 unspecified atom stereocenters. The Balaban J connectivity index is 2.50. The Hall–Kier alpha value is 6.16. The average molecular weight is 1370 g/mol. The molecule has 0 aromatic heterocycles. The monoisotopic (exact) mass is 1350 g/mol. The maximum Gasteiger partial charge on any atom is 0.170 e. The Kier molecular flexibility index (Phi) is 14.2. The molecule has 0 fully saturated rings. The van der Waals surface area contributed by atoms with Crippen LogP contribution in [0.4, 0.5) is 0 Å². The first-order valence-corrected chi connectivity index (χ1v) is 21.1. The highest BCUT2D eigenvalue weighted by Gasteiger charge is 2.69. The molecule has 0 amide bonds. The summed E-state index contributed by atoms with van der Waals surface area (Å²) in [4.78, 5) is 0.0826. The molecule has 2 aliphatic carbocycles. The summed E-state index contributed by atoms with van der Waals surface area (Å²) in [6, 6.07) is 0. The van der Waals surface area contributed by atoms with Crippen LogP contribution in [0.15, 0.2) is 24.3 Å². The summed E-state index contributed by atoms with van der Waals surface area (Å²) in [5.41, 5.74) is 0. The SMILES string of the molecule is BrC(Br)CCC1(Br)C(Br)C=CC(Br)(OC2(Br)C=CC(Br)C(Br)(CCC(Br)Br)C2(Br)Br)C1(Br)Br. The number of hydrogen-bond donors (Lipinski definition) is 0. The molecule has 33 heavy (non-hydrogen) atoms. The third kappa shape index (κ3) is 7.04. The maximum atomic E-state index is 6.96. The van der Waals surface area contributed by atoms with Crippen molar-refractivity contribution in [3.05, 3.63) is 24.3 Å². The zero-order valence-electron chi connectivity index (χ0n) is 16.1. The van der Waals surface area contributed by atoms with E-state index >= 15 is 0 Å². The number of ether oxygens (including phenoxy) is 1. The van der Waals surface area contributed by atoms with Gasteiger partial charge in [0, 0.05) is 0 Å². The molecular formula is C18H16Br14O. The standard InChI is InChI=1S/C18H16Br14O/c19-9-1-7-15(27,17(29,30)13(9,25)5-3-11(21)22)33-16(28)8-2-10(20)14(26,18(16,31)32)6-4-12(23)24/h1-2,7-12H,3-6H2. The number of hydrogen-bond acceptors (Lipinski definition) is 1. The van der Waals surface area contributed by atoms with Gasteiger partial charge in [-0.1, -0.05) is 203 Å². The molecule has 2 rings (SSSR count). The molecule has 0 saturated heterocycles. The molecule has 0 aliphatic heterocycles. The molecule has 0 aromatic carbocycles. The van der Waals surface area contributed by atoms with Crippen molar-refractivity contribution in [1.29, 1.82) is 0 Å². The van der Waals surface area contributed by atoms with Crippen LogP contribution in [0.2, 0.25) is 0 Å². The molecule has 0 spiro atoms. The first-order valence-electron chi connectivity index (χ1n) is 9.24. The Morgan fingerprint density at radius 1 is 0.606 bits per heavy atom. The van der Waals surface area contributed by atoms with E-state index in [1.54, 1.807) is 0 Å². The van der Waals surface area contributed by atoms with E-state index in [9.17, 15) is 0 Å². The summed E-state index contributed by atoms with van der Waals surface area (Å²) >= 11 is 54.0. The van der Waals surface area contributed by atoms with Crippen molar-refractivity contribution < 1.29 is 4.74 Å². The highest BCUT2D eigenvalue weighted by Crippen LogP contribution is 2.68. The van der Waals surface area contributed by atoms with Gasteiger partial charge in [-0.25, -0.2) is 0 Å². The lowest BCUT2D eigenvalue weighted by Gasteiger charge is -2.58. The second kappa shape index (κ2) is 13.2. The zero-order valence-corrected chi connectivity index (χ0v) is 38.4. The van der Waals surface area contributed by atoms with Crippen molar-refractivity contribution in [2.24, 2.45) is 0 Å². The highest BCUT2D eigenvalue weighted by atomic mass is 79.9. The molecule has 0 radical (unpaired) electrons. The molecule has 0 aromatic rings. The van der Waals surface area contributed by atoms with Crippen molar-refractivity contribution in [3.8, 4) is 0 Å². The second-order valence-electron chi connectivity index (χ2n) is 7.65. The fraction of sp³-hybridized carbons (Fsp3) is 0.778. The summed E-state index contributed by atoms with van der Waals surface area (Å²) in [5, 5.41) is 0. The van der Waals surface area contributed by atoms with E-state index in [1.807, 2.05) is 12.2 Å². The Labute approximate surface area is 313 Å². The first kappa shape index (κ1) is 35.4. The van der Waals surface area contributed by atoms with E-state index in [4.69, 9.17) is 4.74 Å². The molecule has 1 nitrogen and oxygen atoms in total. The van der Waals surface area contributed by atoms with Crippen LogP contribution in [0.5, 0.6) is 0 Å². The Morgan fingerprint density at radius 2 is 0.909 bits per heavy atom. The molecule has 0 bridgehead atoms. The summed E-state index contributed by atoms with van der Waals surface area (Å²) < 4.78 is 3.10. The molecule has 0 heterocycles. The van der Waals surface area contributed by atoms with Crippen molar-refractivity contribution >= 4 is 223 Å². The highest BCUT2D eigenvalue weighted by molar-refractivity contribution is 9.28. The third-order valence-corrected chi connectivity index (χ3v) is 25.2. The van der Waals surface area contributed by atoms with Gasteiger partial charge < -0.3 is 4.74 Å². The minimum absolute atomic E-state index is 0.0413. The fourth-order valence-electron chi connectivity index (χ4n) is 3.48. The lowest BCUT2D eigenvalue weighted by atomic mass is 9.86. The normalized spacial score (nSPS) is 42.3.